The van der Waals surface area contributed by atoms with E-state index < -0.39 is 12.1 Å². The normalized spacial score (nSPS) is 9.70. The van der Waals surface area contributed by atoms with E-state index >= 15 is 0 Å². The molecule has 0 aliphatic carbocycles. The second-order valence-corrected chi connectivity index (χ2v) is 7.69. The molecule has 0 amide bonds. The van der Waals surface area contributed by atoms with Gasteiger partial charge < -0.3 is 14.6 Å². The molecule has 3 rings (SSSR count). The summed E-state index contributed by atoms with van der Waals surface area (Å²) < 4.78 is 10.9. The molecule has 0 saturated carbocycles. The van der Waals surface area contributed by atoms with E-state index in [1.807, 2.05) is 19.9 Å². The van der Waals surface area contributed by atoms with E-state index in [-0.39, 0.29) is 11.3 Å². The molecule has 3 aromatic rings. The summed E-state index contributed by atoms with van der Waals surface area (Å²) >= 11 is 5.11. The van der Waals surface area contributed by atoms with Crippen LogP contribution < -0.4 is 9.47 Å². The fraction of sp³-hybridized carbons (Fsp3) is 0.105. The Morgan fingerprint density at radius 1 is 0.963 bits per heavy atom. The zero-order chi connectivity index (χ0) is 19.8. The number of carboxylic acids is 1. The molecule has 1 N–H and O–H groups in total. The van der Waals surface area contributed by atoms with Crippen LogP contribution in [0, 0.1) is 3.82 Å². The van der Waals surface area contributed by atoms with E-state index in [0.717, 1.165) is 14.3 Å². The lowest BCUT2D eigenvalue weighted by atomic mass is 10.2. The van der Waals surface area contributed by atoms with Gasteiger partial charge in [0.15, 0.2) is 0 Å². The molecule has 27 heavy (non-hydrogen) atoms. The molecule has 0 bridgehead atoms. The van der Waals surface area contributed by atoms with Crippen molar-refractivity contribution in [2.75, 3.05) is 0 Å². The SMILES string of the molecule is CC.O=C(Oc1ccc(-c2cc(=S)ss2)cc1)Oc1ccccc1C(=O)O. The Balaban J connectivity index is 0.00000126. The molecular formula is C19H16O5S3. The number of carbonyl (C=O) groups excluding carboxylic acids is 1. The summed E-state index contributed by atoms with van der Waals surface area (Å²) in [6, 6.07) is 14.6. The van der Waals surface area contributed by atoms with Gasteiger partial charge in [0.25, 0.3) is 0 Å². The molecule has 1 heterocycles. The molecule has 0 aliphatic rings. The Morgan fingerprint density at radius 2 is 1.63 bits per heavy atom. The third kappa shape index (κ3) is 5.72. The van der Waals surface area contributed by atoms with Crippen molar-refractivity contribution >= 4 is 45.0 Å². The van der Waals surface area contributed by atoms with Crippen LogP contribution >= 0.6 is 32.9 Å². The van der Waals surface area contributed by atoms with Crippen LogP contribution in [0.5, 0.6) is 11.5 Å². The summed E-state index contributed by atoms with van der Waals surface area (Å²) in [6.45, 7) is 4.00. The van der Waals surface area contributed by atoms with E-state index in [4.69, 9.17) is 26.8 Å². The first-order chi connectivity index (χ1) is 13.0. The largest absolute Gasteiger partial charge is 0.519 e. The van der Waals surface area contributed by atoms with Crippen molar-refractivity contribution in [2.45, 2.75) is 13.8 Å². The Hall–Kier alpha value is -2.55. The number of ether oxygens (including phenoxy) is 2. The van der Waals surface area contributed by atoms with Crippen molar-refractivity contribution in [3.63, 3.8) is 0 Å². The maximum Gasteiger partial charge on any atom is 0.519 e. The zero-order valence-corrected chi connectivity index (χ0v) is 17.0. The summed E-state index contributed by atoms with van der Waals surface area (Å²) in [5.41, 5.74) is 0.850. The highest BCUT2D eigenvalue weighted by atomic mass is 32.9. The average Bonchev–Trinajstić information content (AvgIpc) is 3.10. The molecule has 0 radical (unpaired) electrons. The first-order valence-electron chi connectivity index (χ1n) is 7.95. The van der Waals surface area contributed by atoms with Crippen LogP contribution in [0.4, 0.5) is 4.79 Å². The van der Waals surface area contributed by atoms with Crippen molar-refractivity contribution in [2.24, 2.45) is 0 Å². The fourth-order valence-corrected chi connectivity index (χ4v) is 4.40. The molecular weight excluding hydrogens is 404 g/mol. The van der Waals surface area contributed by atoms with Crippen LogP contribution in [0.15, 0.2) is 54.6 Å². The Morgan fingerprint density at radius 3 is 2.22 bits per heavy atom. The van der Waals surface area contributed by atoms with Gasteiger partial charge in [-0.3, -0.25) is 0 Å². The molecule has 0 unspecified atom stereocenters. The lowest BCUT2D eigenvalue weighted by molar-refractivity contribution is 0.0693. The summed E-state index contributed by atoms with van der Waals surface area (Å²) in [6.07, 6.45) is -1.01. The summed E-state index contributed by atoms with van der Waals surface area (Å²) in [5, 5.41) is 9.07. The molecule has 140 valence electrons. The first-order valence-corrected chi connectivity index (χ1v) is 10.5. The van der Waals surface area contributed by atoms with E-state index in [1.165, 1.54) is 22.5 Å². The number of rotatable bonds is 4. The van der Waals surface area contributed by atoms with E-state index in [0.29, 0.717) is 5.75 Å². The molecule has 0 spiro atoms. The number of benzene rings is 2. The minimum absolute atomic E-state index is 0.0744. The van der Waals surface area contributed by atoms with Crippen LogP contribution in [0.2, 0.25) is 0 Å². The van der Waals surface area contributed by atoms with Crippen LogP contribution in [-0.2, 0) is 0 Å². The molecule has 5 nitrogen and oxygen atoms in total. The number of aromatic carboxylic acids is 1. The quantitative estimate of drug-likeness (QED) is 0.224. The van der Waals surface area contributed by atoms with Gasteiger partial charge in [-0.25, -0.2) is 9.59 Å². The van der Waals surface area contributed by atoms with Gasteiger partial charge in [-0.15, -0.1) is 0 Å². The zero-order valence-electron chi connectivity index (χ0n) is 14.5. The fourth-order valence-electron chi connectivity index (χ4n) is 2.00. The standard InChI is InChI=1S/C17H10O5S3.C2H6/c18-16(19)12-3-1-2-4-13(12)22-17(20)21-11-7-5-10(6-8-11)14-9-15(23)25-24-14;1-2/h1-9H,(H,18,19);1-2H3. The van der Waals surface area contributed by atoms with Gasteiger partial charge in [-0.05, 0) is 48.0 Å². The van der Waals surface area contributed by atoms with Gasteiger partial charge in [0.1, 0.15) is 20.9 Å². The van der Waals surface area contributed by atoms with Crippen LogP contribution in [0.25, 0.3) is 10.4 Å². The van der Waals surface area contributed by atoms with Crippen molar-refractivity contribution in [1.29, 1.82) is 0 Å². The smallest absolute Gasteiger partial charge is 0.478 e. The van der Waals surface area contributed by atoms with Gasteiger partial charge in [0.2, 0.25) is 0 Å². The topological polar surface area (TPSA) is 72.8 Å². The van der Waals surface area contributed by atoms with E-state index in [2.05, 4.69) is 0 Å². The molecule has 0 aliphatic heterocycles. The minimum Gasteiger partial charge on any atom is -0.478 e. The maximum atomic E-state index is 11.9. The number of para-hydroxylation sites is 1. The summed E-state index contributed by atoms with van der Waals surface area (Å²) in [4.78, 5) is 24.0. The third-order valence-electron chi connectivity index (χ3n) is 3.11. The first kappa shape index (κ1) is 20.8. The van der Waals surface area contributed by atoms with Crippen molar-refractivity contribution < 1.29 is 24.2 Å². The summed E-state index contributed by atoms with van der Waals surface area (Å²) in [5.74, 6) is -0.971. The predicted molar refractivity (Wildman–Crippen MR) is 110 cm³/mol. The summed E-state index contributed by atoms with van der Waals surface area (Å²) in [7, 11) is 3.10. The highest BCUT2D eigenvalue weighted by Crippen LogP contribution is 2.30. The van der Waals surface area contributed by atoms with Gasteiger partial charge in [0.05, 0.1) is 0 Å². The molecule has 0 saturated heterocycles. The number of carboxylic acid groups (broad SMARTS) is 1. The van der Waals surface area contributed by atoms with E-state index in [1.54, 1.807) is 46.7 Å². The molecule has 1 aromatic heterocycles. The maximum absolute atomic E-state index is 11.9. The minimum atomic E-state index is -1.19. The Bertz CT molecular complexity index is 973. The van der Waals surface area contributed by atoms with Gasteiger partial charge in [-0.1, -0.05) is 58.9 Å². The van der Waals surface area contributed by atoms with Gasteiger partial charge in [0, 0.05) is 4.88 Å². The van der Waals surface area contributed by atoms with E-state index in [9.17, 15) is 9.59 Å². The van der Waals surface area contributed by atoms with Crippen molar-refractivity contribution in [1.82, 2.24) is 0 Å². The number of hydrogen-bond acceptors (Lipinski definition) is 7. The van der Waals surface area contributed by atoms with Crippen molar-refractivity contribution in [3.05, 3.63) is 64.0 Å². The van der Waals surface area contributed by atoms with Crippen LogP contribution in [-0.4, -0.2) is 17.2 Å². The number of hydrogen-bond donors (Lipinski definition) is 1. The lowest BCUT2D eigenvalue weighted by Crippen LogP contribution is -2.15. The second kappa shape index (κ2) is 9.96. The predicted octanol–water partition coefficient (Wildman–Crippen LogP) is 6.51. The second-order valence-electron chi connectivity index (χ2n) is 4.77. The van der Waals surface area contributed by atoms with Gasteiger partial charge >= 0.3 is 12.1 Å². The molecule has 2 aromatic carbocycles. The molecule has 8 heteroatoms. The van der Waals surface area contributed by atoms with Crippen molar-refractivity contribution in [3.8, 4) is 21.9 Å². The van der Waals surface area contributed by atoms with Crippen LogP contribution in [0.1, 0.15) is 24.2 Å². The monoisotopic (exact) mass is 420 g/mol. The Labute approximate surface area is 168 Å². The number of carbonyl (C=O) groups is 2. The molecule has 0 atom stereocenters. The highest BCUT2D eigenvalue weighted by molar-refractivity contribution is 7.80. The third-order valence-corrected chi connectivity index (χ3v) is 6.02. The highest BCUT2D eigenvalue weighted by Gasteiger charge is 2.15. The lowest BCUT2D eigenvalue weighted by Gasteiger charge is -2.08. The average molecular weight is 421 g/mol. The Kier molecular flexibility index (Phi) is 7.66. The van der Waals surface area contributed by atoms with Crippen LogP contribution in [0.3, 0.4) is 0 Å². The van der Waals surface area contributed by atoms with Gasteiger partial charge in [-0.2, -0.15) is 0 Å². The molecule has 0 fully saturated rings.